The first kappa shape index (κ1) is 19.2. The predicted molar refractivity (Wildman–Crippen MR) is 116 cm³/mol. The summed E-state index contributed by atoms with van der Waals surface area (Å²) in [6.07, 6.45) is 5.38. The smallest absolute Gasteiger partial charge is 0.244 e. The molecule has 2 heterocycles. The third-order valence-electron chi connectivity index (χ3n) is 5.50. The van der Waals surface area contributed by atoms with E-state index in [0.29, 0.717) is 6.04 Å². The molecule has 1 fully saturated rings. The fourth-order valence-electron chi connectivity index (χ4n) is 3.78. The van der Waals surface area contributed by atoms with Crippen LogP contribution in [0.3, 0.4) is 0 Å². The molecule has 1 saturated heterocycles. The average molecular weight is 386 g/mol. The number of aromatic nitrogens is 1. The highest BCUT2D eigenvalue weighted by atomic mass is 16.2. The molecule has 0 spiro atoms. The zero-order valence-electron chi connectivity index (χ0n) is 16.4. The van der Waals surface area contributed by atoms with Crippen LogP contribution in [0.2, 0.25) is 0 Å². The Hall–Kier alpha value is -3.18. The minimum Gasteiger partial charge on any atom is -0.382 e. The summed E-state index contributed by atoms with van der Waals surface area (Å²) in [5.74, 6) is -0.000165. The third kappa shape index (κ3) is 4.63. The van der Waals surface area contributed by atoms with E-state index in [4.69, 9.17) is 5.73 Å². The van der Waals surface area contributed by atoms with Gasteiger partial charge in [-0.25, -0.2) is 0 Å². The minimum atomic E-state index is -0.621. The van der Waals surface area contributed by atoms with E-state index in [1.807, 2.05) is 59.5 Å². The number of piperidine rings is 1. The number of likely N-dealkylation sites (tertiary alicyclic amines) is 1. The molecule has 2 aromatic carbocycles. The summed E-state index contributed by atoms with van der Waals surface area (Å²) < 4.78 is 0. The van der Waals surface area contributed by atoms with Crippen molar-refractivity contribution in [3.8, 4) is 11.1 Å². The number of carbonyl (C=O) groups excluding carboxylic acids is 1. The van der Waals surface area contributed by atoms with Crippen LogP contribution in [-0.2, 0) is 4.79 Å². The van der Waals surface area contributed by atoms with Gasteiger partial charge in [0.1, 0.15) is 6.04 Å². The van der Waals surface area contributed by atoms with Crippen molar-refractivity contribution in [3.05, 3.63) is 84.7 Å². The minimum absolute atomic E-state index is 0.000165. The van der Waals surface area contributed by atoms with Crippen molar-refractivity contribution in [2.75, 3.05) is 18.4 Å². The van der Waals surface area contributed by atoms with E-state index >= 15 is 0 Å². The number of nitrogens with two attached hydrogens (primary N) is 1. The summed E-state index contributed by atoms with van der Waals surface area (Å²) in [7, 11) is 0. The Bertz CT molecular complexity index is 920. The Morgan fingerprint density at radius 1 is 0.931 bits per heavy atom. The number of carbonyl (C=O) groups is 1. The molecule has 1 aromatic heterocycles. The van der Waals surface area contributed by atoms with Crippen molar-refractivity contribution < 1.29 is 4.79 Å². The van der Waals surface area contributed by atoms with Crippen LogP contribution < -0.4 is 11.1 Å². The van der Waals surface area contributed by atoms with E-state index in [2.05, 4.69) is 22.4 Å². The summed E-state index contributed by atoms with van der Waals surface area (Å²) >= 11 is 0. The number of hydrogen-bond donors (Lipinski definition) is 2. The number of nitrogens with one attached hydrogen (secondary N) is 1. The van der Waals surface area contributed by atoms with E-state index in [1.54, 1.807) is 12.4 Å². The van der Waals surface area contributed by atoms with E-state index in [-0.39, 0.29) is 5.91 Å². The molecule has 5 nitrogen and oxygen atoms in total. The van der Waals surface area contributed by atoms with Crippen LogP contribution in [-0.4, -0.2) is 34.9 Å². The van der Waals surface area contributed by atoms with Gasteiger partial charge < -0.3 is 16.0 Å². The maximum atomic E-state index is 12.9. The summed E-state index contributed by atoms with van der Waals surface area (Å²) in [4.78, 5) is 18.8. The zero-order valence-corrected chi connectivity index (χ0v) is 16.4. The van der Waals surface area contributed by atoms with Gasteiger partial charge in [-0.2, -0.15) is 0 Å². The number of pyridine rings is 1. The second-order valence-electron chi connectivity index (χ2n) is 7.45. The van der Waals surface area contributed by atoms with Crippen LogP contribution in [0.5, 0.6) is 0 Å². The number of amides is 1. The van der Waals surface area contributed by atoms with Crippen LogP contribution in [0.4, 0.5) is 5.69 Å². The van der Waals surface area contributed by atoms with E-state index in [1.165, 1.54) is 0 Å². The lowest BCUT2D eigenvalue weighted by Crippen LogP contribution is -2.45. The van der Waals surface area contributed by atoms with Crippen LogP contribution in [0.25, 0.3) is 11.1 Å². The first-order valence-corrected chi connectivity index (χ1v) is 10.1. The van der Waals surface area contributed by atoms with Gasteiger partial charge in [0.15, 0.2) is 0 Å². The zero-order chi connectivity index (χ0) is 20.1. The number of benzene rings is 2. The van der Waals surface area contributed by atoms with Crippen molar-refractivity contribution in [1.82, 2.24) is 9.88 Å². The van der Waals surface area contributed by atoms with E-state index in [0.717, 1.165) is 48.3 Å². The average Bonchev–Trinajstić information content (AvgIpc) is 2.80. The molecular formula is C24H26N4O. The summed E-state index contributed by atoms with van der Waals surface area (Å²) in [5.41, 5.74) is 10.5. The van der Waals surface area contributed by atoms with Crippen molar-refractivity contribution in [2.24, 2.45) is 5.73 Å². The van der Waals surface area contributed by atoms with Crippen LogP contribution >= 0.6 is 0 Å². The van der Waals surface area contributed by atoms with Gasteiger partial charge in [-0.05, 0) is 41.7 Å². The largest absolute Gasteiger partial charge is 0.382 e. The molecule has 5 heteroatoms. The standard InChI is InChI=1S/C24H26N4O/c25-23(20-8-6-19(7-9-20)18-4-2-1-3-5-18)24(29)28-16-12-22(13-17-28)27-21-10-14-26-15-11-21/h1-11,14-15,22-23H,12-13,16-17,25H2,(H,26,27). The van der Waals surface area contributed by atoms with Crippen LogP contribution in [0.15, 0.2) is 79.1 Å². The second kappa shape index (κ2) is 8.88. The Morgan fingerprint density at radius 2 is 1.55 bits per heavy atom. The molecule has 29 heavy (non-hydrogen) atoms. The lowest BCUT2D eigenvalue weighted by Gasteiger charge is -2.34. The van der Waals surface area contributed by atoms with Crippen molar-refractivity contribution in [2.45, 2.75) is 24.9 Å². The van der Waals surface area contributed by atoms with Gasteiger partial charge in [-0.3, -0.25) is 9.78 Å². The van der Waals surface area contributed by atoms with Crippen molar-refractivity contribution >= 4 is 11.6 Å². The Labute approximate surface area is 171 Å². The van der Waals surface area contributed by atoms with Gasteiger partial charge in [-0.15, -0.1) is 0 Å². The van der Waals surface area contributed by atoms with Gasteiger partial charge in [0.2, 0.25) is 5.91 Å². The SMILES string of the molecule is NC(C(=O)N1CCC(Nc2ccncc2)CC1)c1ccc(-c2ccccc2)cc1. The lowest BCUT2D eigenvalue weighted by atomic mass is 9.99. The Kier molecular flexibility index (Phi) is 5.86. The predicted octanol–water partition coefficient (Wildman–Crippen LogP) is 3.85. The second-order valence-corrected chi connectivity index (χ2v) is 7.45. The number of hydrogen-bond acceptors (Lipinski definition) is 4. The molecule has 1 aliphatic heterocycles. The summed E-state index contributed by atoms with van der Waals surface area (Å²) in [6.45, 7) is 1.44. The highest BCUT2D eigenvalue weighted by Gasteiger charge is 2.27. The molecule has 0 radical (unpaired) electrons. The molecule has 1 unspecified atom stereocenters. The van der Waals surface area contributed by atoms with Crippen LogP contribution in [0.1, 0.15) is 24.4 Å². The highest BCUT2D eigenvalue weighted by Crippen LogP contribution is 2.23. The van der Waals surface area contributed by atoms with Gasteiger partial charge >= 0.3 is 0 Å². The first-order chi connectivity index (χ1) is 14.2. The molecule has 3 N–H and O–H groups in total. The van der Waals surface area contributed by atoms with Crippen molar-refractivity contribution in [1.29, 1.82) is 0 Å². The molecule has 0 aliphatic carbocycles. The fourth-order valence-corrected chi connectivity index (χ4v) is 3.78. The Morgan fingerprint density at radius 3 is 2.21 bits per heavy atom. The molecule has 0 bridgehead atoms. The summed E-state index contributed by atoms with van der Waals surface area (Å²) in [5, 5.41) is 3.51. The van der Waals surface area contributed by atoms with Gasteiger partial charge in [0.25, 0.3) is 0 Å². The molecular weight excluding hydrogens is 360 g/mol. The van der Waals surface area contributed by atoms with E-state index < -0.39 is 6.04 Å². The van der Waals surface area contributed by atoms with Gasteiger partial charge in [0, 0.05) is 37.2 Å². The molecule has 1 amide bonds. The quantitative estimate of drug-likeness (QED) is 0.699. The maximum absolute atomic E-state index is 12.9. The molecule has 148 valence electrons. The van der Waals surface area contributed by atoms with Gasteiger partial charge in [-0.1, -0.05) is 54.6 Å². The lowest BCUT2D eigenvalue weighted by molar-refractivity contribution is -0.133. The highest BCUT2D eigenvalue weighted by molar-refractivity contribution is 5.83. The maximum Gasteiger partial charge on any atom is 0.244 e. The van der Waals surface area contributed by atoms with E-state index in [9.17, 15) is 4.79 Å². The molecule has 1 aliphatic rings. The normalized spacial score (nSPS) is 15.7. The number of rotatable bonds is 5. The topological polar surface area (TPSA) is 71.2 Å². The third-order valence-corrected chi connectivity index (χ3v) is 5.50. The van der Waals surface area contributed by atoms with Gasteiger partial charge in [0.05, 0.1) is 0 Å². The summed E-state index contributed by atoms with van der Waals surface area (Å²) in [6, 6.07) is 21.8. The first-order valence-electron chi connectivity index (χ1n) is 10.1. The number of anilines is 1. The van der Waals surface area contributed by atoms with Crippen molar-refractivity contribution in [3.63, 3.8) is 0 Å². The molecule has 0 saturated carbocycles. The fraction of sp³-hybridized carbons (Fsp3) is 0.250. The molecule has 4 rings (SSSR count). The molecule has 1 atom stereocenters. The number of nitrogens with zero attached hydrogens (tertiary/aromatic N) is 2. The van der Waals surface area contributed by atoms with Crippen LogP contribution in [0, 0.1) is 0 Å². The monoisotopic (exact) mass is 386 g/mol. The Balaban J connectivity index is 1.34. The molecule has 3 aromatic rings.